The molecule has 0 N–H and O–H groups in total. The molecule has 0 radical (unpaired) electrons. The molecule has 4 nitrogen and oxygen atoms in total. The van der Waals surface area contributed by atoms with Gasteiger partial charge in [0.05, 0.1) is 7.11 Å². The van der Waals surface area contributed by atoms with Crippen LogP contribution in [0.15, 0.2) is 10.8 Å². The fraction of sp³-hybridized carbons (Fsp3) is 0.667. The van der Waals surface area contributed by atoms with Crippen LogP contribution in [0, 0.1) is 0 Å². The van der Waals surface area contributed by atoms with Crippen LogP contribution in [0.4, 0.5) is 0 Å². The summed E-state index contributed by atoms with van der Waals surface area (Å²) in [5.74, 6) is 0. The lowest BCUT2D eigenvalue weighted by atomic mass is 10.1. The van der Waals surface area contributed by atoms with Crippen LogP contribution in [0.3, 0.4) is 0 Å². The molecule has 0 unspecified atom stereocenters. The van der Waals surface area contributed by atoms with Crippen molar-refractivity contribution < 1.29 is 9.47 Å². The summed E-state index contributed by atoms with van der Waals surface area (Å²) in [6, 6.07) is 1.13. The smallest absolute Gasteiger partial charge is 0.297 e. The van der Waals surface area contributed by atoms with E-state index in [1.165, 1.54) is 0 Å². The molecule has 0 amide bonds. The molecule has 1 saturated heterocycles. The third-order valence-corrected chi connectivity index (χ3v) is 2.82. The van der Waals surface area contributed by atoms with Gasteiger partial charge < -0.3 is 9.47 Å². The molecule has 1 aromatic heterocycles. The van der Waals surface area contributed by atoms with Crippen LogP contribution >= 0.6 is 15.9 Å². The number of hydrogen-bond donors (Lipinski definition) is 0. The normalized spacial score (nSPS) is 18.4. The lowest BCUT2D eigenvalue weighted by Gasteiger charge is -2.23. The zero-order valence-corrected chi connectivity index (χ0v) is 9.66. The van der Waals surface area contributed by atoms with Crippen molar-refractivity contribution in [3.8, 4) is 6.01 Å². The average molecular weight is 261 g/mol. The molecule has 14 heavy (non-hydrogen) atoms. The van der Waals surface area contributed by atoms with Crippen molar-refractivity contribution in [1.29, 1.82) is 0 Å². The summed E-state index contributed by atoms with van der Waals surface area (Å²) in [6.45, 7) is 1.65. The predicted molar refractivity (Wildman–Crippen MR) is 55.6 cm³/mol. The minimum absolute atomic E-state index is 0.456. The number of imidazole rings is 1. The van der Waals surface area contributed by atoms with Crippen molar-refractivity contribution in [3.05, 3.63) is 10.8 Å². The fourth-order valence-corrected chi connectivity index (χ4v) is 2.10. The molecule has 2 heterocycles. The van der Waals surface area contributed by atoms with Crippen molar-refractivity contribution >= 4 is 15.9 Å². The van der Waals surface area contributed by atoms with Gasteiger partial charge in [-0.2, -0.15) is 4.98 Å². The van der Waals surface area contributed by atoms with E-state index in [0.717, 1.165) is 30.7 Å². The summed E-state index contributed by atoms with van der Waals surface area (Å²) in [7, 11) is 1.64. The van der Waals surface area contributed by atoms with Gasteiger partial charge in [-0.3, -0.25) is 4.57 Å². The predicted octanol–water partition coefficient (Wildman–Crippen LogP) is 2.01. The Labute approximate surface area is 91.3 Å². The van der Waals surface area contributed by atoms with E-state index in [9.17, 15) is 0 Å². The van der Waals surface area contributed by atoms with Crippen LogP contribution in [0.5, 0.6) is 6.01 Å². The molecule has 1 aromatic rings. The molecule has 0 atom stereocenters. The number of halogens is 1. The third kappa shape index (κ3) is 1.93. The molecule has 5 heteroatoms. The second-order valence-corrected chi connectivity index (χ2v) is 4.11. The summed E-state index contributed by atoms with van der Waals surface area (Å²) >= 11 is 3.35. The Bertz CT molecular complexity index is 308. The van der Waals surface area contributed by atoms with E-state index in [0.29, 0.717) is 12.1 Å². The van der Waals surface area contributed by atoms with Crippen molar-refractivity contribution in [3.63, 3.8) is 0 Å². The highest BCUT2D eigenvalue weighted by Crippen LogP contribution is 2.27. The van der Waals surface area contributed by atoms with Gasteiger partial charge in [0.1, 0.15) is 4.60 Å². The van der Waals surface area contributed by atoms with Gasteiger partial charge in [0.25, 0.3) is 6.01 Å². The maximum atomic E-state index is 5.32. The van der Waals surface area contributed by atoms with E-state index in [1.54, 1.807) is 7.11 Å². The average Bonchev–Trinajstić information content (AvgIpc) is 2.61. The molecule has 78 valence electrons. The molecule has 1 fully saturated rings. The number of aromatic nitrogens is 2. The number of rotatable bonds is 2. The Hall–Kier alpha value is -0.550. The summed E-state index contributed by atoms with van der Waals surface area (Å²) in [6.07, 6.45) is 4.02. The van der Waals surface area contributed by atoms with E-state index in [2.05, 4.69) is 25.5 Å². The number of ether oxygens (including phenoxy) is 2. The van der Waals surface area contributed by atoms with Gasteiger partial charge in [0.15, 0.2) is 0 Å². The zero-order valence-electron chi connectivity index (χ0n) is 8.07. The Morgan fingerprint density at radius 3 is 2.93 bits per heavy atom. The molecule has 0 aliphatic carbocycles. The molecular weight excluding hydrogens is 248 g/mol. The van der Waals surface area contributed by atoms with Crippen molar-refractivity contribution in [2.75, 3.05) is 20.3 Å². The first-order chi connectivity index (χ1) is 6.81. The third-order valence-electron chi connectivity index (χ3n) is 2.44. The maximum Gasteiger partial charge on any atom is 0.297 e. The number of nitrogens with zero attached hydrogens (tertiary/aromatic N) is 2. The quantitative estimate of drug-likeness (QED) is 0.817. The second-order valence-electron chi connectivity index (χ2n) is 3.30. The first kappa shape index (κ1) is 9.98. The minimum Gasteiger partial charge on any atom is -0.468 e. The highest BCUT2D eigenvalue weighted by atomic mass is 79.9. The van der Waals surface area contributed by atoms with Gasteiger partial charge in [-0.05, 0) is 28.8 Å². The van der Waals surface area contributed by atoms with E-state index < -0.39 is 0 Å². The van der Waals surface area contributed by atoms with Gasteiger partial charge in [-0.1, -0.05) is 0 Å². The molecule has 2 rings (SSSR count). The van der Waals surface area contributed by atoms with Crippen molar-refractivity contribution in [2.45, 2.75) is 18.9 Å². The molecule has 1 aliphatic heterocycles. The van der Waals surface area contributed by atoms with Crippen LogP contribution in [0.1, 0.15) is 18.9 Å². The van der Waals surface area contributed by atoms with Crippen LogP contribution < -0.4 is 4.74 Å². The number of methoxy groups -OCH3 is 1. The van der Waals surface area contributed by atoms with Gasteiger partial charge >= 0.3 is 0 Å². The molecule has 1 aliphatic rings. The van der Waals surface area contributed by atoms with Crippen LogP contribution in [0.2, 0.25) is 0 Å². The molecule has 0 aromatic carbocycles. The van der Waals surface area contributed by atoms with E-state index >= 15 is 0 Å². The van der Waals surface area contributed by atoms with Gasteiger partial charge in [-0.25, -0.2) is 0 Å². The van der Waals surface area contributed by atoms with Crippen LogP contribution in [-0.2, 0) is 4.74 Å². The Kier molecular flexibility index (Phi) is 3.08. The lowest BCUT2D eigenvalue weighted by molar-refractivity contribution is 0.0673. The van der Waals surface area contributed by atoms with Crippen molar-refractivity contribution in [2.24, 2.45) is 0 Å². The summed E-state index contributed by atoms with van der Waals surface area (Å²) in [5.41, 5.74) is 0. The van der Waals surface area contributed by atoms with E-state index in [1.807, 2.05) is 6.20 Å². The Balaban J connectivity index is 2.20. The fourth-order valence-electron chi connectivity index (χ4n) is 1.72. The first-order valence-electron chi connectivity index (χ1n) is 4.67. The topological polar surface area (TPSA) is 36.3 Å². The monoisotopic (exact) mass is 260 g/mol. The zero-order chi connectivity index (χ0) is 9.97. The minimum atomic E-state index is 0.456. The van der Waals surface area contributed by atoms with Gasteiger partial charge in [0.2, 0.25) is 0 Å². The Morgan fingerprint density at radius 1 is 1.57 bits per heavy atom. The van der Waals surface area contributed by atoms with E-state index in [4.69, 9.17) is 9.47 Å². The maximum absolute atomic E-state index is 5.32. The molecular formula is C9H13BrN2O2. The van der Waals surface area contributed by atoms with Gasteiger partial charge in [0, 0.05) is 25.5 Å². The standard InChI is InChI=1S/C9H13BrN2O2/c1-13-9-11-8(10)6-12(9)7-2-4-14-5-3-7/h6-7H,2-5H2,1H3. The largest absolute Gasteiger partial charge is 0.468 e. The molecule has 0 saturated carbocycles. The summed E-state index contributed by atoms with van der Waals surface area (Å²) in [5, 5.41) is 0. The van der Waals surface area contributed by atoms with Crippen LogP contribution in [0.25, 0.3) is 0 Å². The van der Waals surface area contributed by atoms with E-state index in [-0.39, 0.29) is 0 Å². The second kappa shape index (κ2) is 4.31. The number of hydrogen-bond acceptors (Lipinski definition) is 3. The lowest BCUT2D eigenvalue weighted by Crippen LogP contribution is -2.19. The van der Waals surface area contributed by atoms with Crippen LogP contribution in [-0.4, -0.2) is 29.9 Å². The summed E-state index contributed by atoms with van der Waals surface area (Å²) in [4.78, 5) is 4.22. The Morgan fingerprint density at radius 2 is 2.29 bits per heavy atom. The highest BCUT2D eigenvalue weighted by molar-refractivity contribution is 9.10. The molecule has 0 bridgehead atoms. The summed E-state index contributed by atoms with van der Waals surface area (Å²) < 4.78 is 13.4. The van der Waals surface area contributed by atoms with Crippen molar-refractivity contribution in [1.82, 2.24) is 9.55 Å². The first-order valence-corrected chi connectivity index (χ1v) is 5.46. The SMILES string of the molecule is COc1nc(Br)cn1C1CCOCC1. The molecule has 0 spiro atoms. The van der Waals surface area contributed by atoms with Gasteiger partial charge in [-0.15, -0.1) is 0 Å². The highest BCUT2D eigenvalue weighted by Gasteiger charge is 2.19.